The van der Waals surface area contributed by atoms with E-state index in [-0.39, 0.29) is 17.9 Å². The number of hydrogen-bond donors (Lipinski definition) is 1. The van der Waals surface area contributed by atoms with Gasteiger partial charge >= 0.3 is 5.97 Å². The first kappa shape index (κ1) is 12.8. The Bertz CT molecular complexity index is 251. The quantitative estimate of drug-likeness (QED) is 0.600. The summed E-state index contributed by atoms with van der Waals surface area (Å²) in [4.78, 5) is 12.0. The first-order valence-corrected chi connectivity index (χ1v) is 6.77. The van der Waals surface area contributed by atoms with Gasteiger partial charge in [-0.3, -0.25) is 4.79 Å². The van der Waals surface area contributed by atoms with Crippen LogP contribution in [0.3, 0.4) is 0 Å². The first-order valence-electron chi connectivity index (χ1n) is 6.77. The topological polar surface area (TPSA) is 61.6 Å². The van der Waals surface area contributed by atoms with E-state index in [0.717, 1.165) is 45.3 Å². The van der Waals surface area contributed by atoms with E-state index in [9.17, 15) is 4.79 Å². The SMILES string of the molecule is NC1CCCCCC1C(=O)OCC1CCOC1. The summed E-state index contributed by atoms with van der Waals surface area (Å²) < 4.78 is 10.7. The lowest BCUT2D eigenvalue weighted by molar-refractivity contribution is -0.150. The highest BCUT2D eigenvalue weighted by molar-refractivity contribution is 5.73. The number of nitrogens with two attached hydrogens (primary N) is 1. The van der Waals surface area contributed by atoms with Crippen molar-refractivity contribution in [1.82, 2.24) is 0 Å². The molecule has 3 unspecified atom stereocenters. The third kappa shape index (κ3) is 3.68. The predicted octanol–water partition coefficient (Wildman–Crippen LogP) is 1.47. The fourth-order valence-electron chi connectivity index (χ4n) is 2.65. The van der Waals surface area contributed by atoms with Gasteiger partial charge in [-0.1, -0.05) is 19.3 Å². The van der Waals surface area contributed by atoms with Gasteiger partial charge in [0, 0.05) is 18.6 Å². The zero-order chi connectivity index (χ0) is 12.1. The van der Waals surface area contributed by atoms with Crippen LogP contribution in [0.5, 0.6) is 0 Å². The molecular weight excluding hydrogens is 218 g/mol. The van der Waals surface area contributed by atoms with Gasteiger partial charge in [0.1, 0.15) is 0 Å². The molecule has 2 N–H and O–H groups in total. The minimum Gasteiger partial charge on any atom is -0.465 e. The van der Waals surface area contributed by atoms with E-state index in [4.69, 9.17) is 15.2 Å². The molecule has 0 radical (unpaired) electrons. The third-order valence-electron chi connectivity index (χ3n) is 3.86. The van der Waals surface area contributed by atoms with Gasteiger partial charge in [-0.25, -0.2) is 0 Å². The van der Waals surface area contributed by atoms with Crippen LogP contribution >= 0.6 is 0 Å². The Morgan fingerprint density at radius 2 is 2.06 bits per heavy atom. The van der Waals surface area contributed by atoms with Crippen LogP contribution in [-0.4, -0.2) is 31.8 Å². The minimum atomic E-state index is -0.0914. The minimum absolute atomic E-state index is 0.00942. The van der Waals surface area contributed by atoms with Gasteiger partial charge in [0.2, 0.25) is 0 Å². The summed E-state index contributed by atoms with van der Waals surface area (Å²) in [6, 6.07) is -0.00942. The van der Waals surface area contributed by atoms with Gasteiger partial charge in [-0.2, -0.15) is 0 Å². The number of hydrogen-bond acceptors (Lipinski definition) is 4. The molecule has 0 aromatic carbocycles. The summed E-state index contributed by atoms with van der Waals surface area (Å²) in [5.41, 5.74) is 6.04. The van der Waals surface area contributed by atoms with E-state index < -0.39 is 0 Å². The molecule has 1 aliphatic carbocycles. The average Bonchev–Trinajstić information content (AvgIpc) is 2.75. The Hall–Kier alpha value is -0.610. The molecule has 1 aliphatic heterocycles. The zero-order valence-electron chi connectivity index (χ0n) is 10.4. The van der Waals surface area contributed by atoms with Crippen molar-refractivity contribution in [3.05, 3.63) is 0 Å². The molecule has 4 nitrogen and oxygen atoms in total. The second-order valence-corrected chi connectivity index (χ2v) is 5.27. The van der Waals surface area contributed by atoms with E-state index >= 15 is 0 Å². The number of carbonyl (C=O) groups is 1. The summed E-state index contributed by atoms with van der Waals surface area (Å²) in [6.45, 7) is 2.03. The van der Waals surface area contributed by atoms with Crippen LogP contribution in [0.4, 0.5) is 0 Å². The van der Waals surface area contributed by atoms with Crippen LogP contribution in [0.15, 0.2) is 0 Å². The molecule has 1 saturated carbocycles. The third-order valence-corrected chi connectivity index (χ3v) is 3.86. The van der Waals surface area contributed by atoms with Gasteiger partial charge < -0.3 is 15.2 Å². The second-order valence-electron chi connectivity index (χ2n) is 5.27. The summed E-state index contributed by atoms with van der Waals surface area (Å²) in [7, 11) is 0. The first-order chi connectivity index (χ1) is 8.27. The van der Waals surface area contributed by atoms with Crippen molar-refractivity contribution in [2.45, 2.75) is 44.6 Å². The Morgan fingerprint density at radius 3 is 2.82 bits per heavy atom. The van der Waals surface area contributed by atoms with Crippen molar-refractivity contribution >= 4 is 5.97 Å². The van der Waals surface area contributed by atoms with E-state index in [2.05, 4.69) is 0 Å². The number of rotatable bonds is 3. The molecule has 4 heteroatoms. The van der Waals surface area contributed by atoms with Crippen LogP contribution in [-0.2, 0) is 14.3 Å². The largest absolute Gasteiger partial charge is 0.465 e. The molecule has 0 bridgehead atoms. The van der Waals surface area contributed by atoms with Crippen LogP contribution in [0.25, 0.3) is 0 Å². The fourth-order valence-corrected chi connectivity index (χ4v) is 2.65. The maximum Gasteiger partial charge on any atom is 0.310 e. The van der Waals surface area contributed by atoms with Crippen LogP contribution in [0.1, 0.15) is 38.5 Å². The van der Waals surface area contributed by atoms with Gasteiger partial charge in [-0.15, -0.1) is 0 Å². The molecule has 1 saturated heterocycles. The van der Waals surface area contributed by atoms with Crippen molar-refractivity contribution in [1.29, 1.82) is 0 Å². The number of carbonyl (C=O) groups excluding carboxylic acids is 1. The Morgan fingerprint density at radius 1 is 1.24 bits per heavy atom. The van der Waals surface area contributed by atoms with Gasteiger partial charge in [0.15, 0.2) is 0 Å². The molecule has 2 rings (SSSR count). The Labute approximate surface area is 103 Å². The molecule has 0 aromatic heterocycles. The van der Waals surface area contributed by atoms with Crippen molar-refractivity contribution < 1.29 is 14.3 Å². The van der Waals surface area contributed by atoms with Gasteiger partial charge in [0.05, 0.1) is 19.1 Å². The molecule has 2 fully saturated rings. The molecule has 17 heavy (non-hydrogen) atoms. The van der Waals surface area contributed by atoms with Crippen molar-refractivity contribution in [3.63, 3.8) is 0 Å². The summed E-state index contributed by atoms with van der Waals surface area (Å²) in [6.07, 6.45) is 6.27. The van der Waals surface area contributed by atoms with Gasteiger partial charge in [-0.05, 0) is 19.3 Å². The number of esters is 1. The highest BCUT2D eigenvalue weighted by Crippen LogP contribution is 2.24. The molecular formula is C13H23NO3. The maximum atomic E-state index is 12.0. The molecule has 98 valence electrons. The Balaban J connectivity index is 1.76. The highest BCUT2D eigenvalue weighted by Gasteiger charge is 2.29. The average molecular weight is 241 g/mol. The number of ether oxygens (including phenoxy) is 2. The van der Waals surface area contributed by atoms with Crippen LogP contribution in [0, 0.1) is 11.8 Å². The molecule has 0 amide bonds. The van der Waals surface area contributed by atoms with Gasteiger partial charge in [0.25, 0.3) is 0 Å². The summed E-state index contributed by atoms with van der Waals surface area (Å²) in [5, 5.41) is 0. The van der Waals surface area contributed by atoms with E-state index in [0.29, 0.717) is 12.5 Å². The summed E-state index contributed by atoms with van der Waals surface area (Å²) in [5.74, 6) is 0.215. The smallest absolute Gasteiger partial charge is 0.310 e. The van der Waals surface area contributed by atoms with Crippen molar-refractivity contribution in [2.75, 3.05) is 19.8 Å². The Kier molecular flexibility index (Phi) is 4.80. The lowest BCUT2D eigenvalue weighted by Gasteiger charge is -2.20. The van der Waals surface area contributed by atoms with Crippen LogP contribution < -0.4 is 5.73 Å². The maximum absolute atomic E-state index is 12.0. The second kappa shape index (κ2) is 6.36. The molecule has 1 heterocycles. The van der Waals surface area contributed by atoms with Crippen molar-refractivity contribution in [3.8, 4) is 0 Å². The fraction of sp³-hybridized carbons (Fsp3) is 0.923. The molecule has 0 spiro atoms. The lowest BCUT2D eigenvalue weighted by atomic mass is 9.96. The molecule has 3 atom stereocenters. The molecule has 2 aliphatic rings. The monoisotopic (exact) mass is 241 g/mol. The lowest BCUT2D eigenvalue weighted by Crippen LogP contribution is -2.36. The van der Waals surface area contributed by atoms with Crippen molar-refractivity contribution in [2.24, 2.45) is 17.6 Å². The normalized spacial score (nSPS) is 34.3. The van der Waals surface area contributed by atoms with E-state index in [1.54, 1.807) is 0 Å². The predicted molar refractivity (Wildman–Crippen MR) is 64.4 cm³/mol. The summed E-state index contributed by atoms with van der Waals surface area (Å²) >= 11 is 0. The van der Waals surface area contributed by atoms with E-state index in [1.165, 1.54) is 6.42 Å². The highest BCUT2D eigenvalue weighted by atomic mass is 16.5. The zero-order valence-corrected chi connectivity index (χ0v) is 10.4. The van der Waals surface area contributed by atoms with Crippen LogP contribution in [0.2, 0.25) is 0 Å². The molecule has 0 aromatic rings. The standard InChI is InChI=1S/C13H23NO3/c14-12-5-3-1-2-4-11(12)13(15)17-9-10-6-7-16-8-10/h10-12H,1-9,14H2. The van der Waals surface area contributed by atoms with E-state index in [1.807, 2.05) is 0 Å².